The van der Waals surface area contributed by atoms with Crippen LogP contribution in [0.4, 0.5) is 0 Å². The molecule has 0 aromatic heterocycles. The largest absolute Gasteiger partial charge is 0.384 e. The van der Waals surface area contributed by atoms with Crippen LogP contribution in [0.5, 0.6) is 0 Å². The Morgan fingerprint density at radius 1 is 0.455 bits per heavy atom. The maximum Gasteiger partial charge on any atom is 0.104 e. The monoisotopic (exact) mass is 616 g/mol. The zero-order valence-corrected chi connectivity index (χ0v) is 28.6. The molecule has 7 nitrogen and oxygen atoms in total. The average Bonchev–Trinajstić information content (AvgIpc) is 3.87. The molecule has 0 amide bonds. The van der Waals surface area contributed by atoms with Crippen LogP contribution >= 0.6 is 0 Å². The van der Waals surface area contributed by atoms with Gasteiger partial charge in [-0.25, -0.2) is 0 Å². The predicted octanol–water partition coefficient (Wildman–Crippen LogP) is 7.72. The fraction of sp³-hybridized carbons (Fsp3) is 0.568. The summed E-state index contributed by atoms with van der Waals surface area (Å²) in [4.78, 5) is 0. The normalized spacial score (nSPS) is 19.0. The number of benzene rings is 3. The van der Waals surface area contributed by atoms with Crippen molar-refractivity contribution in [3.05, 3.63) is 84.9 Å². The minimum absolute atomic E-state index is 0.426. The van der Waals surface area contributed by atoms with Crippen molar-refractivity contribution in [2.24, 2.45) is 5.92 Å². The van der Waals surface area contributed by atoms with Crippen LogP contribution in [0, 0.1) is 5.92 Å². The quantitative estimate of drug-likeness (QED) is 0.240. The molecule has 3 saturated heterocycles. The number of epoxide rings is 3. The summed E-state index contributed by atoms with van der Waals surface area (Å²) in [5, 5.41) is 2.62. The van der Waals surface area contributed by atoms with Crippen molar-refractivity contribution in [1.82, 2.24) is 0 Å². The SMILES string of the molecule is CC.CC.COCC1CC1.COCC1CO1.COCC1CO1.COCC1CO1.c1ccc2ccccc2c1.c1ccccc1. The van der Waals surface area contributed by atoms with E-state index in [9.17, 15) is 0 Å². The van der Waals surface area contributed by atoms with E-state index in [1.54, 1.807) is 28.4 Å². The molecule has 7 rings (SSSR count). The first-order valence-corrected chi connectivity index (χ1v) is 15.9. The van der Waals surface area contributed by atoms with Crippen molar-refractivity contribution < 1.29 is 33.2 Å². The van der Waals surface area contributed by atoms with E-state index in [4.69, 9.17) is 33.2 Å². The van der Waals surface area contributed by atoms with E-state index in [1.807, 2.05) is 64.1 Å². The van der Waals surface area contributed by atoms with Gasteiger partial charge in [0.15, 0.2) is 0 Å². The third kappa shape index (κ3) is 28.4. The number of fused-ring (bicyclic) bond motifs is 1. The molecule has 1 aliphatic carbocycles. The molecule has 44 heavy (non-hydrogen) atoms. The van der Waals surface area contributed by atoms with Gasteiger partial charge in [0.25, 0.3) is 0 Å². The zero-order chi connectivity index (χ0) is 32.7. The summed E-state index contributed by atoms with van der Waals surface area (Å²) < 4.78 is 33.6. The van der Waals surface area contributed by atoms with Crippen LogP contribution in [0.2, 0.25) is 0 Å². The van der Waals surface area contributed by atoms with Crippen molar-refractivity contribution in [2.75, 3.05) is 74.7 Å². The summed E-state index contributed by atoms with van der Waals surface area (Å²) in [5.74, 6) is 0.926. The van der Waals surface area contributed by atoms with E-state index in [2.05, 4.69) is 48.5 Å². The van der Waals surface area contributed by atoms with Crippen LogP contribution in [0.25, 0.3) is 10.8 Å². The van der Waals surface area contributed by atoms with Crippen molar-refractivity contribution >= 4 is 10.8 Å². The van der Waals surface area contributed by atoms with E-state index in [0.29, 0.717) is 18.3 Å². The molecule has 3 atom stereocenters. The summed E-state index contributed by atoms with van der Waals surface area (Å²) >= 11 is 0. The topological polar surface area (TPSA) is 74.5 Å². The smallest absolute Gasteiger partial charge is 0.104 e. The van der Waals surface area contributed by atoms with E-state index in [-0.39, 0.29) is 0 Å². The molecule has 250 valence electrons. The first-order chi connectivity index (χ1) is 21.7. The van der Waals surface area contributed by atoms with Gasteiger partial charge in [-0.05, 0) is 29.5 Å². The Hall–Kier alpha value is -2.36. The number of ether oxygens (including phenoxy) is 7. The minimum atomic E-state index is 0.426. The molecule has 0 bridgehead atoms. The fourth-order valence-electron chi connectivity index (χ4n) is 3.09. The molecule has 7 heteroatoms. The van der Waals surface area contributed by atoms with Crippen LogP contribution in [-0.2, 0) is 33.2 Å². The molecule has 3 unspecified atom stereocenters. The molecule has 0 spiro atoms. The Morgan fingerprint density at radius 3 is 0.841 bits per heavy atom. The van der Waals surface area contributed by atoms with Gasteiger partial charge >= 0.3 is 0 Å². The highest BCUT2D eigenvalue weighted by molar-refractivity contribution is 5.82. The van der Waals surface area contributed by atoms with E-state index < -0.39 is 0 Å². The minimum Gasteiger partial charge on any atom is -0.384 e. The second kappa shape index (κ2) is 30.7. The Labute approximate surface area is 268 Å². The van der Waals surface area contributed by atoms with Gasteiger partial charge in [0, 0.05) is 35.0 Å². The Morgan fingerprint density at radius 2 is 0.705 bits per heavy atom. The van der Waals surface area contributed by atoms with E-state index >= 15 is 0 Å². The first kappa shape index (κ1) is 41.6. The lowest BCUT2D eigenvalue weighted by atomic mass is 10.1. The van der Waals surface area contributed by atoms with Crippen molar-refractivity contribution in [2.45, 2.75) is 58.8 Å². The van der Waals surface area contributed by atoms with E-state index in [1.165, 1.54) is 23.6 Å². The molecule has 0 N–H and O–H groups in total. The van der Waals surface area contributed by atoms with Gasteiger partial charge in [-0.15, -0.1) is 0 Å². The molecule has 3 heterocycles. The van der Waals surface area contributed by atoms with Crippen molar-refractivity contribution in [3.63, 3.8) is 0 Å². The van der Waals surface area contributed by atoms with Crippen LogP contribution in [-0.4, -0.2) is 93.0 Å². The molecule has 4 fully saturated rings. The molecule has 3 aromatic carbocycles. The number of methoxy groups -OCH3 is 4. The highest BCUT2D eigenvalue weighted by Crippen LogP contribution is 2.28. The average molecular weight is 617 g/mol. The first-order valence-electron chi connectivity index (χ1n) is 15.9. The lowest BCUT2D eigenvalue weighted by molar-refractivity contribution is 0.171. The summed E-state index contributed by atoms with van der Waals surface area (Å²) in [6.45, 7) is 14.0. The van der Waals surface area contributed by atoms with Gasteiger partial charge in [0.05, 0.1) is 39.6 Å². The Balaban J connectivity index is 0.000000499. The molecule has 1 saturated carbocycles. The van der Waals surface area contributed by atoms with Gasteiger partial charge in [-0.2, -0.15) is 0 Å². The number of rotatable bonds is 8. The van der Waals surface area contributed by atoms with Crippen LogP contribution in [0.3, 0.4) is 0 Å². The van der Waals surface area contributed by atoms with Gasteiger partial charge in [0.2, 0.25) is 0 Å². The molecule has 3 aliphatic heterocycles. The predicted molar refractivity (Wildman–Crippen MR) is 183 cm³/mol. The molecule has 3 aromatic rings. The number of hydrogen-bond donors (Lipinski definition) is 0. The second-order valence-electron chi connectivity index (χ2n) is 9.63. The van der Waals surface area contributed by atoms with Gasteiger partial charge in [-0.1, -0.05) is 113 Å². The Bertz CT molecular complexity index is 808. The lowest BCUT2D eigenvalue weighted by Crippen LogP contribution is -1.94. The van der Waals surface area contributed by atoms with Gasteiger partial charge < -0.3 is 33.2 Å². The van der Waals surface area contributed by atoms with E-state index in [0.717, 1.165) is 52.2 Å². The standard InChI is InChI=1S/C10H8.C6H6.C5H10O.3C4H8O2.2C2H6/c1-2-6-10-8-4-3-7-9(10)5-1;1-2-4-6-5-3-1;1-6-4-5-2-3-5;3*1-5-2-4-3-6-4;2*1-2/h1-8H;1-6H;5H,2-4H2,1H3;3*4H,2-3H2,1H3;2*1-2H3. The second-order valence-corrected chi connectivity index (χ2v) is 9.63. The summed E-state index contributed by atoms with van der Waals surface area (Å²) in [6, 6.07) is 28.7. The molecular weight excluding hydrogens is 556 g/mol. The highest BCUT2D eigenvalue weighted by atomic mass is 16.6. The highest BCUT2D eigenvalue weighted by Gasteiger charge is 2.22. The zero-order valence-electron chi connectivity index (χ0n) is 28.6. The third-order valence-corrected chi connectivity index (χ3v) is 5.69. The molecular formula is C37H60O7. The third-order valence-electron chi connectivity index (χ3n) is 5.69. The fourth-order valence-corrected chi connectivity index (χ4v) is 3.09. The van der Waals surface area contributed by atoms with Crippen LogP contribution in [0.1, 0.15) is 40.5 Å². The summed E-state index contributed by atoms with van der Waals surface area (Å²) in [6.07, 6.45) is 4.07. The van der Waals surface area contributed by atoms with Gasteiger partial charge in [0.1, 0.15) is 18.3 Å². The lowest BCUT2D eigenvalue weighted by Gasteiger charge is -1.92. The van der Waals surface area contributed by atoms with Crippen molar-refractivity contribution in [1.29, 1.82) is 0 Å². The maximum atomic E-state index is 4.87. The van der Waals surface area contributed by atoms with Crippen LogP contribution < -0.4 is 0 Å². The maximum absolute atomic E-state index is 4.87. The number of hydrogen-bond acceptors (Lipinski definition) is 7. The molecule has 0 radical (unpaired) electrons. The van der Waals surface area contributed by atoms with Crippen LogP contribution in [0.15, 0.2) is 84.9 Å². The van der Waals surface area contributed by atoms with Gasteiger partial charge in [-0.3, -0.25) is 0 Å². The summed E-state index contributed by atoms with van der Waals surface area (Å²) in [7, 11) is 6.81. The molecule has 4 aliphatic rings. The Kier molecular flexibility index (Phi) is 29.0. The summed E-state index contributed by atoms with van der Waals surface area (Å²) in [5.41, 5.74) is 0. The van der Waals surface area contributed by atoms with Crippen molar-refractivity contribution in [3.8, 4) is 0 Å².